The molecule has 0 saturated carbocycles. The van der Waals surface area contributed by atoms with Crippen molar-refractivity contribution >= 4 is 39.1 Å². The third-order valence-corrected chi connectivity index (χ3v) is 4.58. The second-order valence-electron chi connectivity index (χ2n) is 5.68. The summed E-state index contributed by atoms with van der Waals surface area (Å²) < 4.78 is 1.07. The van der Waals surface area contributed by atoms with E-state index >= 15 is 0 Å². The minimum Gasteiger partial charge on any atom is -0.340 e. The first-order valence-corrected chi connectivity index (χ1v) is 8.50. The first-order chi connectivity index (χ1) is 11.5. The van der Waals surface area contributed by atoms with Crippen LogP contribution >= 0.6 is 15.9 Å². The van der Waals surface area contributed by atoms with Crippen molar-refractivity contribution in [2.75, 3.05) is 17.3 Å². The summed E-state index contributed by atoms with van der Waals surface area (Å²) in [7, 11) is 1.97. The third-order valence-electron chi connectivity index (χ3n) is 3.73. The average Bonchev–Trinajstić information content (AvgIpc) is 2.58. The van der Waals surface area contributed by atoms with E-state index < -0.39 is 0 Å². The second-order valence-corrected chi connectivity index (χ2v) is 6.53. The fourth-order valence-electron chi connectivity index (χ4n) is 2.35. The predicted molar refractivity (Wildman–Crippen MR) is 103 cm³/mol. The molecule has 0 unspecified atom stereocenters. The summed E-state index contributed by atoms with van der Waals surface area (Å²) in [5.74, 6) is 1.44. The molecule has 0 radical (unpaired) electrons. The van der Waals surface area contributed by atoms with Gasteiger partial charge in [-0.05, 0) is 43.7 Å². The fourth-order valence-corrected chi connectivity index (χ4v) is 2.73. The number of anilines is 4. The highest BCUT2D eigenvalue weighted by atomic mass is 79.9. The van der Waals surface area contributed by atoms with Crippen molar-refractivity contribution in [3.05, 3.63) is 70.3 Å². The van der Waals surface area contributed by atoms with Crippen LogP contribution < -0.4 is 10.2 Å². The van der Waals surface area contributed by atoms with Gasteiger partial charge in [-0.15, -0.1) is 0 Å². The van der Waals surface area contributed by atoms with Crippen molar-refractivity contribution < 1.29 is 0 Å². The molecule has 0 saturated heterocycles. The zero-order chi connectivity index (χ0) is 17.1. The Labute approximate surface area is 150 Å². The molecule has 0 atom stereocenters. The van der Waals surface area contributed by atoms with Crippen LogP contribution in [0.4, 0.5) is 23.1 Å². The first-order valence-electron chi connectivity index (χ1n) is 7.70. The molecule has 0 fully saturated rings. The van der Waals surface area contributed by atoms with Crippen LogP contribution in [0.2, 0.25) is 0 Å². The topological polar surface area (TPSA) is 41.1 Å². The van der Waals surface area contributed by atoms with Gasteiger partial charge in [0.2, 0.25) is 5.95 Å². The van der Waals surface area contributed by atoms with Gasteiger partial charge in [0.25, 0.3) is 0 Å². The van der Waals surface area contributed by atoms with Crippen molar-refractivity contribution in [3.63, 3.8) is 0 Å². The lowest BCUT2D eigenvalue weighted by Crippen LogP contribution is -2.14. The molecule has 122 valence electrons. The molecule has 0 aliphatic rings. The average molecular weight is 383 g/mol. The summed E-state index contributed by atoms with van der Waals surface area (Å²) in [5, 5.41) is 3.35. The Morgan fingerprint density at radius 2 is 1.71 bits per heavy atom. The Kier molecular flexibility index (Phi) is 4.81. The molecular formula is C19H19BrN4. The van der Waals surface area contributed by atoms with Crippen molar-refractivity contribution in [2.45, 2.75) is 13.8 Å². The Morgan fingerprint density at radius 3 is 2.42 bits per heavy atom. The van der Waals surface area contributed by atoms with Gasteiger partial charge in [-0.25, -0.2) is 4.98 Å². The van der Waals surface area contributed by atoms with E-state index in [9.17, 15) is 0 Å². The maximum absolute atomic E-state index is 4.65. The smallest absolute Gasteiger partial charge is 0.231 e. The van der Waals surface area contributed by atoms with Crippen LogP contribution in [0.3, 0.4) is 0 Å². The van der Waals surface area contributed by atoms with Crippen LogP contribution in [0.25, 0.3) is 0 Å². The van der Waals surface area contributed by atoms with E-state index in [4.69, 9.17) is 0 Å². The summed E-state index contributed by atoms with van der Waals surface area (Å²) in [6.45, 7) is 4.04. The van der Waals surface area contributed by atoms with Gasteiger partial charge in [0, 0.05) is 34.7 Å². The fraction of sp³-hybridized carbons (Fsp3) is 0.158. The van der Waals surface area contributed by atoms with E-state index in [0.717, 1.165) is 27.4 Å². The van der Waals surface area contributed by atoms with Crippen molar-refractivity contribution in [1.82, 2.24) is 9.97 Å². The quantitative estimate of drug-likeness (QED) is 0.658. The summed E-state index contributed by atoms with van der Waals surface area (Å²) in [5.41, 5.74) is 4.14. The van der Waals surface area contributed by atoms with Crippen molar-refractivity contribution in [3.8, 4) is 0 Å². The molecule has 0 spiro atoms. The molecule has 4 nitrogen and oxygen atoms in total. The Morgan fingerprint density at radius 1 is 0.958 bits per heavy atom. The highest BCUT2D eigenvalue weighted by molar-refractivity contribution is 9.10. The van der Waals surface area contributed by atoms with Gasteiger partial charge in [-0.1, -0.05) is 40.2 Å². The molecular weight excluding hydrogens is 364 g/mol. The number of nitrogens with one attached hydrogen (secondary N) is 1. The largest absolute Gasteiger partial charge is 0.340 e. The van der Waals surface area contributed by atoms with Crippen LogP contribution in [-0.4, -0.2) is 17.0 Å². The first kappa shape index (κ1) is 16.5. The monoisotopic (exact) mass is 382 g/mol. The minimum absolute atomic E-state index is 0.662. The lowest BCUT2D eigenvalue weighted by molar-refractivity contribution is 1.02. The molecule has 2 aromatic carbocycles. The molecule has 0 aliphatic heterocycles. The molecule has 0 amide bonds. The van der Waals surface area contributed by atoms with Crippen LogP contribution in [0.1, 0.15) is 11.3 Å². The normalized spacial score (nSPS) is 10.5. The molecule has 3 aromatic rings. The molecule has 1 heterocycles. The van der Waals surface area contributed by atoms with E-state index in [-0.39, 0.29) is 0 Å². The number of rotatable bonds is 4. The summed E-state index contributed by atoms with van der Waals surface area (Å²) in [6, 6.07) is 18.2. The number of aromatic nitrogens is 2. The lowest BCUT2D eigenvalue weighted by atomic mass is 10.2. The zero-order valence-corrected chi connectivity index (χ0v) is 15.5. The number of halogens is 1. The zero-order valence-electron chi connectivity index (χ0n) is 13.9. The lowest BCUT2D eigenvalue weighted by Gasteiger charge is -2.18. The van der Waals surface area contributed by atoms with Crippen molar-refractivity contribution in [1.29, 1.82) is 0 Å². The number of benzene rings is 2. The van der Waals surface area contributed by atoms with Crippen LogP contribution in [0, 0.1) is 13.8 Å². The number of para-hydroxylation sites is 1. The highest BCUT2D eigenvalue weighted by Crippen LogP contribution is 2.25. The Balaban J connectivity index is 1.90. The van der Waals surface area contributed by atoms with Gasteiger partial charge in [-0.2, -0.15) is 4.98 Å². The Bertz CT molecular complexity index is 849. The van der Waals surface area contributed by atoms with Crippen LogP contribution in [-0.2, 0) is 0 Å². The molecule has 0 aliphatic carbocycles. The summed E-state index contributed by atoms with van der Waals surface area (Å²) in [6.07, 6.45) is 0. The maximum Gasteiger partial charge on any atom is 0.231 e. The molecule has 24 heavy (non-hydrogen) atoms. The molecule has 1 N–H and O–H groups in total. The van der Waals surface area contributed by atoms with Gasteiger partial charge in [0.1, 0.15) is 5.82 Å². The Hall–Kier alpha value is -2.40. The second kappa shape index (κ2) is 7.01. The highest BCUT2D eigenvalue weighted by Gasteiger charge is 2.09. The molecule has 1 aromatic heterocycles. The van der Waals surface area contributed by atoms with Crippen molar-refractivity contribution in [2.24, 2.45) is 0 Å². The van der Waals surface area contributed by atoms with E-state index in [1.54, 1.807) is 0 Å². The van der Waals surface area contributed by atoms with Crippen LogP contribution in [0.15, 0.2) is 59.1 Å². The van der Waals surface area contributed by atoms with E-state index in [1.165, 1.54) is 5.56 Å². The molecule has 3 rings (SSSR count). The SMILES string of the molecule is Cc1cc(Nc2ccc(C)c(Br)c2)nc(N(C)c2ccccc2)n1. The van der Waals surface area contributed by atoms with Gasteiger partial charge < -0.3 is 10.2 Å². The number of nitrogens with zero attached hydrogens (tertiary/aromatic N) is 3. The number of hydrogen-bond donors (Lipinski definition) is 1. The number of hydrogen-bond acceptors (Lipinski definition) is 4. The van der Waals surface area contributed by atoms with E-state index in [2.05, 4.69) is 44.2 Å². The van der Waals surface area contributed by atoms with Gasteiger partial charge >= 0.3 is 0 Å². The molecule has 0 bridgehead atoms. The van der Waals surface area contributed by atoms with Gasteiger partial charge in [-0.3, -0.25) is 0 Å². The third kappa shape index (κ3) is 3.74. The van der Waals surface area contributed by atoms with Gasteiger partial charge in [0.05, 0.1) is 0 Å². The van der Waals surface area contributed by atoms with E-state index in [1.807, 2.05) is 67.4 Å². The van der Waals surface area contributed by atoms with E-state index in [0.29, 0.717) is 5.95 Å². The summed E-state index contributed by atoms with van der Waals surface area (Å²) >= 11 is 3.56. The van der Waals surface area contributed by atoms with Crippen LogP contribution in [0.5, 0.6) is 0 Å². The predicted octanol–water partition coefficient (Wildman–Crippen LogP) is 5.37. The molecule has 5 heteroatoms. The number of aryl methyl sites for hydroxylation is 2. The maximum atomic E-state index is 4.65. The summed E-state index contributed by atoms with van der Waals surface area (Å²) in [4.78, 5) is 11.2. The standard InChI is InChI=1S/C19H19BrN4/c1-13-9-10-15(12-17(13)20)22-18-11-14(2)21-19(23-18)24(3)16-7-5-4-6-8-16/h4-12H,1-3H3,(H,21,22,23). The van der Waals surface area contributed by atoms with Gasteiger partial charge in [0.15, 0.2) is 0 Å². The minimum atomic E-state index is 0.662.